The monoisotopic (exact) mass is 534 g/mol. The molecule has 0 saturated heterocycles. The average Bonchev–Trinajstić information content (AvgIpc) is 2.88. The summed E-state index contributed by atoms with van der Waals surface area (Å²) in [6, 6.07) is 0. The van der Waals surface area contributed by atoms with E-state index in [0.29, 0.717) is 61.6 Å². The van der Waals surface area contributed by atoms with Gasteiger partial charge in [0.1, 0.15) is 11.6 Å². The Morgan fingerprint density at radius 2 is 0.737 bits per heavy atom. The number of aromatic nitrogens is 6. The van der Waals surface area contributed by atoms with Crippen molar-refractivity contribution in [3.05, 3.63) is 11.6 Å². The van der Waals surface area contributed by atoms with Crippen LogP contribution in [0.2, 0.25) is 0 Å². The number of hydrogen-bond donors (Lipinski definition) is 8. The molecule has 14 nitrogen and oxygen atoms in total. The number of rotatable bonds is 14. The first-order chi connectivity index (χ1) is 18.1. The molecule has 212 valence electrons. The highest BCUT2D eigenvalue weighted by Crippen LogP contribution is 2.39. The van der Waals surface area contributed by atoms with Crippen molar-refractivity contribution in [2.24, 2.45) is 0 Å². The van der Waals surface area contributed by atoms with E-state index < -0.39 is 24.4 Å². The van der Waals surface area contributed by atoms with Crippen LogP contribution in [0.15, 0.2) is 0 Å². The van der Waals surface area contributed by atoms with Crippen LogP contribution < -0.4 is 21.3 Å². The van der Waals surface area contributed by atoms with Gasteiger partial charge in [0.2, 0.25) is 23.8 Å². The maximum absolute atomic E-state index is 9.64. The number of nitrogens with zero attached hydrogens (tertiary/aromatic N) is 6. The standard InChI is InChI=1S/C24H42N10O4/c1-13(35)9-25-21-29-19(30-22(33-21)26-10-14(2)36)17-5-7-18(8-6-17)20-31-23(27-11-15(3)37)34-24(32-20)28-12-16(4)38/h13-18,35-38H,5-12H2,1-4H3,(H2,25,26,29,30,33)(H2,27,28,31,32,34). The summed E-state index contributed by atoms with van der Waals surface area (Å²) in [6.45, 7) is 7.96. The summed E-state index contributed by atoms with van der Waals surface area (Å²) in [5.41, 5.74) is 0. The fourth-order valence-corrected chi connectivity index (χ4v) is 4.03. The summed E-state index contributed by atoms with van der Waals surface area (Å²) < 4.78 is 0. The Hall–Kier alpha value is -2.94. The van der Waals surface area contributed by atoms with Gasteiger partial charge in [0, 0.05) is 38.0 Å². The van der Waals surface area contributed by atoms with Crippen molar-refractivity contribution in [1.29, 1.82) is 0 Å². The molecule has 0 spiro atoms. The minimum absolute atomic E-state index is 0.107. The molecule has 4 atom stereocenters. The molecule has 4 unspecified atom stereocenters. The molecule has 2 aromatic heterocycles. The first-order valence-electron chi connectivity index (χ1n) is 13.3. The van der Waals surface area contributed by atoms with Gasteiger partial charge in [-0.15, -0.1) is 0 Å². The molecule has 0 amide bonds. The van der Waals surface area contributed by atoms with Crippen molar-refractivity contribution in [2.75, 3.05) is 47.4 Å². The summed E-state index contributed by atoms with van der Waals surface area (Å²) in [5.74, 6) is 3.06. The van der Waals surface area contributed by atoms with Gasteiger partial charge in [-0.25, -0.2) is 0 Å². The van der Waals surface area contributed by atoms with E-state index in [1.165, 1.54) is 0 Å². The minimum Gasteiger partial charge on any atom is -0.392 e. The number of hydrogen-bond acceptors (Lipinski definition) is 14. The normalized spacial score (nSPS) is 20.7. The van der Waals surface area contributed by atoms with Crippen LogP contribution in [-0.2, 0) is 0 Å². The number of aliphatic hydroxyl groups excluding tert-OH is 4. The predicted molar refractivity (Wildman–Crippen MR) is 144 cm³/mol. The maximum atomic E-state index is 9.64. The summed E-state index contributed by atoms with van der Waals surface area (Å²) in [4.78, 5) is 27.2. The molecule has 0 radical (unpaired) electrons. The van der Waals surface area contributed by atoms with Crippen LogP contribution in [0.3, 0.4) is 0 Å². The first kappa shape index (κ1) is 29.6. The maximum Gasteiger partial charge on any atom is 0.227 e. The second kappa shape index (κ2) is 14.3. The van der Waals surface area contributed by atoms with E-state index in [0.717, 1.165) is 25.7 Å². The van der Waals surface area contributed by atoms with Crippen LogP contribution >= 0.6 is 0 Å². The van der Waals surface area contributed by atoms with Gasteiger partial charge in [0.15, 0.2) is 0 Å². The third-order valence-corrected chi connectivity index (χ3v) is 5.99. The van der Waals surface area contributed by atoms with Gasteiger partial charge in [-0.05, 0) is 53.4 Å². The summed E-state index contributed by atoms with van der Waals surface area (Å²) >= 11 is 0. The second-order valence-corrected chi connectivity index (χ2v) is 10.1. The predicted octanol–water partition coefficient (Wildman–Crippen LogP) is 0.669. The van der Waals surface area contributed by atoms with Gasteiger partial charge in [-0.3, -0.25) is 0 Å². The van der Waals surface area contributed by atoms with E-state index in [2.05, 4.69) is 51.2 Å². The summed E-state index contributed by atoms with van der Waals surface area (Å²) in [7, 11) is 0. The van der Waals surface area contributed by atoms with Crippen molar-refractivity contribution in [2.45, 2.75) is 89.6 Å². The van der Waals surface area contributed by atoms with E-state index in [4.69, 9.17) is 0 Å². The average molecular weight is 535 g/mol. The molecule has 0 aromatic carbocycles. The Kier molecular flexibility index (Phi) is 11.1. The van der Waals surface area contributed by atoms with Gasteiger partial charge in [0.25, 0.3) is 0 Å². The molecule has 38 heavy (non-hydrogen) atoms. The lowest BCUT2D eigenvalue weighted by molar-refractivity contribution is 0.207. The third kappa shape index (κ3) is 9.74. The Morgan fingerprint density at radius 3 is 0.947 bits per heavy atom. The first-order valence-corrected chi connectivity index (χ1v) is 13.3. The van der Waals surface area contributed by atoms with Gasteiger partial charge < -0.3 is 41.7 Å². The zero-order valence-electron chi connectivity index (χ0n) is 22.6. The highest BCUT2D eigenvalue weighted by molar-refractivity contribution is 5.37. The molecular formula is C24H42N10O4. The van der Waals surface area contributed by atoms with Crippen molar-refractivity contribution in [3.8, 4) is 0 Å². The Labute approximate surface area is 223 Å². The van der Waals surface area contributed by atoms with E-state index in [1.807, 2.05) is 0 Å². The van der Waals surface area contributed by atoms with Crippen LogP contribution in [-0.4, -0.2) is 101 Å². The lowest BCUT2D eigenvalue weighted by Gasteiger charge is -2.27. The van der Waals surface area contributed by atoms with Crippen molar-refractivity contribution in [1.82, 2.24) is 29.9 Å². The van der Waals surface area contributed by atoms with Crippen LogP contribution in [0.4, 0.5) is 23.8 Å². The molecule has 8 N–H and O–H groups in total. The van der Waals surface area contributed by atoms with E-state index in [-0.39, 0.29) is 11.8 Å². The van der Waals surface area contributed by atoms with Gasteiger partial charge >= 0.3 is 0 Å². The van der Waals surface area contributed by atoms with Crippen LogP contribution in [0.5, 0.6) is 0 Å². The molecular weight excluding hydrogens is 492 g/mol. The molecule has 0 aliphatic heterocycles. The molecule has 1 aliphatic carbocycles. The number of nitrogens with one attached hydrogen (secondary N) is 4. The molecule has 3 rings (SSSR count). The zero-order valence-corrected chi connectivity index (χ0v) is 22.6. The Balaban J connectivity index is 1.74. The second-order valence-electron chi connectivity index (χ2n) is 10.1. The van der Waals surface area contributed by atoms with Gasteiger partial charge in [0.05, 0.1) is 24.4 Å². The van der Waals surface area contributed by atoms with Gasteiger partial charge in [-0.1, -0.05) is 0 Å². The Bertz CT molecular complexity index is 860. The molecule has 14 heteroatoms. The van der Waals surface area contributed by atoms with Crippen LogP contribution in [0.25, 0.3) is 0 Å². The van der Waals surface area contributed by atoms with Crippen molar-refractivity contribution in [3.63, 3.8) is 0 Å². The topological polar surface area (TPSA) is 206 Å². The number of aliphatic hydroxyl groups is 4. The lowest BCUT2D eigenvalue weighted by atomic mass is 9.81. The Morgan fingerprint density at radius 1 is 0.500 bits per heavy atom. The fraction of sp³-hybridized carbons (Fsp3) is 0.750. The molecule has 1 aliphatic rings. The quantitative estimate of drug-likeness (QED) is 0.168. The summed E-state index contributed by atoms with van der Waals surface area (Å²) in [5, 5.41) is 50.8. The smallest absolute Gasteiger partial charge is 0.227 e. The third-order valence-electron chi connectivity index (χ3n) is 5.99. The fourth-order valence-electron chi connectivity index (χ4n) is 4.03. The molecule has 2 heterocycles. The van der Waals surface area contributed by atoms with Gasteiger partial charge in [-0.2, -0.15) is 29.9 Å². The highest BCUT2D eigenvalue weighted by atomic mass is 16.3. The molecule has 1 fully saturated rings. The lowest BCUT2D eigenvalue weighted by Crippen LogP contribution is -2.23. The SMILES string of the molecule is CC(O)CNc1nc(NCC(C)O)nc(C2CCC(c3nc(NCC(C)O)nc(NCC(C)O)n3)CC2)n1. The van der Waals surface area contributed by atoms with Crippen LogP contribution in [0.1, 0.15) is 76.9 Å². The minimum atomic E-state index is -0.556. The van der Waals surface area contributed by atoms with Crippen molar-refractivity contribution >= 4 is 23.8 Å². The van der Waals surface area contributed by atoms with E-state index >= 15 is 0 Å². The molecule has 1 saturated carbocycles. The zero-order chi connectivity index (χ0) is 27.7. The molecule has 0 bridgehead atoms. The summed E-state index contributed by atoms with van der Waals surface area (Å²) in [6.07, 6.45) is 1.05. The number of anilines is 4. The van der Waals surface area contributed by atoms with Crippen molar-refractivity contribution < 1.29 is 20.4 Å². The van der Waals surface area contributed by atoms with Crippen LogP contribution in [0, 0.1) is 0 Å². The largest absolute Gasteiger partial charge is 0.392 e. The van der Waals surface area contributed by atoms with E-state index in [1.54, 1.807) is 27.7 Å². The van der Waals surface area contributed by atoms with E-state index in [9.17, 15) is 20.4 Å². The highest BCUT2D eigenvalue weighted by Gasteiger charge is 2.28. The molecule has 2 aromatic rings.